The Bertz CT molecular complexity index is 772. The first-order valence-electron chi connectivity index (χ1n) is 8.32. The Labute approximate surface area is 167 Å². The molecule has 0 heterocycles. The van der Waals surface area contributed by atoms with Crippen LogP contribution in [0.4, 0.5) is 37.7 Å². The van der Waals surface area contributed by atoms with E-state index in [-0.39, 0.29) is 17.2 Å². The molecule has 0 radical (unpaired) electrons. The number of nitrogens with zero attached hydrogens (tertiary/aromatic N) is 1. The topological polar surface area (TPSA) is 87.6 Å². The van der Waals surface area contributed by atoms with Gasteiger partial charge in [-0.2, -0.15) is 17.6 Å². The normalized spacial score (nSPS) is 12.9. The largest absolute Gasteiger partial charge is 0.493 e. The van der Waals surface area contributed by atoms with Crippen LogP contribution in [0.25, 0.3) is 0 Å². The van der Waals surface area contributed by atoms with Crippen LogP contribution in [0, 0.1) is 10.1 Å². The molecule has 2 aromatic rings. The number of anilines is 1. The highest BCUT2D eigenvalue weighted by Crippen LogP contribution is 2.22. The maximum atomic E-state index is 12.7. The van der Waals surface area contributed by atoms with Gasteiger partial charge < -0.3 is 15.2 Å². The summed E-state index contributed by atoms with van der Waals surface area (Å²) in [4.78, 5) is 9.68. The number of non-ortho nitro benzene ring substituents is 1. The van der Waals surface area contributed by atoms with Gasteiger partial charge in [0.1, 0.15) is 18.2 Å². The molecule has 0 saturated carbocycles. The van der Waals surface area contributed by atoms with Gasteiger partial charge in [0.05, 0.1) is 18.0 Å². The predicted octanol–water partition coefficient (Wildman–Crippen LogP) is 5.18. The summed E-state index contributed by atoms with van der Waals surface area (Å²) in [6.45, 7) is -1.91. The van der Waals surface area contributed by atoms with Crippen LogP contribution < -0.4 is 15.2 Å². The van der Waals surface area contributed by atoms with Gasteiger partial charge in [0.15, 0.2) is 6.17 Å². The molecule has 6 nitrogen and oxygen atoms in total. The van der Waals surface area contributed by atoms with Gasteiger partial charge in [-0.3, -0.25) is 10.1 Å². The summed E-state index contributed by atoms with van der Waals surface area (Å²) in [6, 6.07) is 10.6. The lowest BCUT2D eigenvalue weighted by Gasteiger charge is -2.12. The minimum Gasteiger partial charge on any atom is -0.493 e. The smallest absolute Gasteiger partial charge is 0.392 e. The van der Waals surface area contributed by atoms with Crippen LogP contribution in [0.2, 0.25) is 0 Å². The molecule has 0 aliphatic heterocycles. The van der Waals surface area contributed by atoms with Crippen molar-refractivity contribution in [2.45, 2.75) is 25.1 Å². The molecular formula is C18H18F6N2O4. The maximum Gasteiger partial charge on any atom is 0.392 e. The van der Waals surface area contributed by atoms with Crippen molar-refractivity contribution in [2.75, 3.05) is 19.0 Å². The van der Waals surface area contributed by atoms with E-state index in [2.05, 4.69) is 4.74 Å². The summed E-state index contributed by atoms with van der Waals surface area (Å²) in [5.74, 6) is 0.289. The van der Waals surface area contributed by atoms with Crippen molar-refractivity contribution < 1.29 is 40.7 Å². The molecule has 0 spiro atoms. The molecule has 2 atom stereocenters. The van der Waals surface area contributed by atoms with Gasteiger partial charge in [-0.15, -0.1) is 0 Å². The van der Waals surface area contributed by atoms with Crippen LogP contribution in [-0.4, -0.2) is 36.9 Å². The van der Waals surface area contributed by atoms with Crippen molar-refractivity contribution in [1.29, 1.82) is 0 Å². The quantitative estimate of drug-likeness (QED) is 0.265. The standard InChI is InChI=1S/C9H8F3NO3.C9H10F3NO/c10-9(11,12)5-6-16-8-3-1-7(2-4-8)13(14)15;10-5-8(11)9(12)14-7-3-1-6(13)2-4-7/h1-4H,5-6H2;1-4,8-9H,5,13H2. The SMILES string of the molecule is Nc1ccc(OC(F)C(F)CF)cc1.O=[N+]([O-])c1ccc(OCCC(F)(F)F)cc1. The first kappa shape index (κ1) is 24.9. The molecule has 0 aromatic heterocycles. The molecule has 2 unspecified atom stereocenters. The lowest BCUT2D eigenvalue weighted by molar-refractivity contribution is -0.384. The molecular weight excluding hydrogens is 422 g/mol. The zero-order valence-electron chi connectivity index (χ0n) is 15.3. The number of nitro benzene ring substituents is 1. The van der Waals surface area contributed by atoms with Crippen LogP contribution in [0.3, 0.4) is 0 Å². The second-order valence-electron chi connectivity index (χ2n) is 5.67. The number of ether oxygens (including phenoxy) is 2. The Morgan fingerprint density at radius 1 is 1.00 bits per heavy atom. The van der Waals surface area contributed by atoms with Gasteiger partial charge in [0.2, 0.25) is 0 Å². The number of nitro groups is 1. The van der Waals surface area contributed by atoms with E-state index in [1.54, 1.807) is 0 Å². The summed E-state index contributed by atoms with van der Waals surface area (Å²) in [7, 11) is 0. The van der Waals surface area contributed by atoms with Crippen molar-refractivity contribution in [2.24, 2.45) is 0 Å². The third-order valence-corrected chi connectivity index (χ3v) is 3.26. The number of benzene rings is 2. The van der Waals surface area contributed by atoms with Crippen LogP contribution in [0.15, 0.2) is 48.5 Å². The molecule has 0 aliphatic carbocycles. The second kappa shape index (κ2) is 11.7. The molecule has 2 N–H and O–H groups in total. The lowest BCUT2D eigenvalue weighted by Crippen LogP contribution is -2.25. The van der Waals surface area contributed by atoms with Crippen LogP contribution in [-0.2, 0) is 0 Å². The maximum absolute atomic E-state index is 12.7. The number of nitrogen functional groups attached to an aromatic ring is 1. The summed E-state index contributed by atoms with van der Waals surface area (Å²) < 4.78 is 81.3. The fraction of sp³-hybridized carbons (Fsp3) is 0.333. The first-order valence-corrected chi connectivity index (χ1v) is 8.32. The van der Waals surface area contributed by atoms with Gasteiger partial charge in [-0.25, -0.2) is 8.78 Å². The van der Waals surface area contributed by atoms with Gasteiger partial charge in [-0.05, 0) is 36.4 Å². The molecule has 0 saturated heterocycles. The van der Waals surface area contributed by atoms with Crippen LogP contribution >= 0.6 is 0 Å². The van der Waals surface area contributed by atoms with E-state index in [4.69, 9.17) is 10.5 Å². The average molecular weight is 440 g/mol. The van der Waals surface area contributed by atoms with Crippen LogP contribution in [0.1, 0.15) is 6.42 Å². The van der Waals surface area contributed by atoms with Crippen molar-refractivity contribution in [3.05, 3.63) is 58.6 Å². The zero-order chi connectivity index (χ0) is 22.7. The lowest BCUT2D eigenvalue weighted by atomic mass is 10.3. The van der Waals surface area contributed by atoms with E-state index in [9.17, 15) is 36.5 Å². The monoisotopic (exact) mass is 440 g/mol. The molecule has 2 aromatic carbocycles. The summed E-state index contributed by atoms with van der Waals surface area (Å²) in [5.41, 5.74) is 5.71. The summed E-state index contributed by atoms with van der Waals surface area (Å²) in [6.07, 6.45) is -9.86. The Morgan fingerprint density at radius 3 is 2.00 bits per heavy atom. The number of alkyl halides is 6. The van der Waals surface area contributed by atoms with Gasteiger partial charge in [-0.1, -0.05) is 0 Å². The minimum absolute atomic E-state index is 0.114. The number of hydrogen-bond donors (Lipinski definition) is 1. The van der Waals surface area contributed by atoms with Crippen molar-refractivity contribution >= 4 is 11.4 Å². The van der Waals surface area contributed by atoms with Crippen molar-refractivity contribution in [1.82, 2.24) is 0 Å². The number of halogens is 6. The molecule has 0 fully saturated rings. The van der Waals surface area contributed by atoms with E-state index < -0.39 is 43.3 Å². The third kappa shape index (κ3) is 9.85. The van der Waals surface area contributed by atoms with Crippen molar-refractivity contribution in [3.63, 3.8) is 0 Å². The highest BCUT2D eigenvalue weighted by molar-refractivity contribution is 5.41. The first-order chi connectivity index (χ1) is 14.0. The molecule has 0 amide bonds. The molecule has 30 heavy (non-hydrogen) atoms. The number of rotatable bonds is 8. The molecule has 12 heteroatoms. The zero-order valence-corrected chi connectivity index (χ0v) is 15.3. The highest BCUT2D eigenvalue weighted by Gasteiger charge is 2.26. The van der Waals surface area contributed by atoms with Crippen LogP contribution in [0.5, 0.6) is 11.5 Å². The van der Waals surface area contributed by atoms with Gasteiger partial charge >= 0.3 is 6.18 Å². The van der Waals surface area contributed by atoms with Gasteiger partial charge in [0, 0.05) is 17.8 Å². The molecule has 166 valence electrons. The fourth-order valence-electron chi connectivity index (χ4n) is 1.77. The van der Waals surface area contributed by atoms with E-state index in [1.165, 1.54) is 48.5 Å². The highest BCUT2D eigenvalue weighted by atomic mass is 19.4. The Morgan fingerprint density at radius 2 is 1.53 bits per heavy atom. The van der Waals surface area contributed by atoms with Gasteiger partial charge in [0.25, 0.3) is 12.0 Å². The van der Waals surface area contributed by atoms with E-state index in [0.29, 0.717) is 5.69 Å². The third-order valence-electron chi connectivity index (χ3n) is 3.26. The number of hydrogen-bond acceptors (Lipinski definition) is 5. The van der Waals surface area contributed by atoms with E-state index >= 15 is 0 Å². The Kier molecular flexibility index (Phi) is 9.72. The summed E-state index contributed by atoms with van der Waals surface area (Å²) in [5, 5.41) is 10.3. The fourth-order valence-corrected chi connectivity index (χ4v) is 1.77. The molecule has 0 aliphatic rings. The second-order valence-corrected chi connectivity index (χ2v) is 5.67. The number of nitrogens with two attached hydrogens (primary N) is 1. The Hall–Kier alpha value is -3.18. The summed E-state index contributed by atoms with van der Waals surface area (Å²) >= 11 is 0. The molecule has 0 bridgehead atoms. The molecule has 2 rings (SSSR count). The predicted molar refractivity (Wildman–Crippen MR) is 96.5 cm³/mol. The Balaban J connectivity index is 0.000000303. The van der Waals surface area contributed by atoms with E-state index in [1.807, 2.05) is 0 Å². The van der Waals surface area contributed by atoms with Crippen molar-refractivity contribution in [3.8, 4) is 11.5 Å². The van der Waals surface area contributed by atoms with E-state index in [0.717, 1.165) is 0 Å². The average Bonchev–Trinajstić information content (AvgIpc) is 2.69. The minimum atomic E-state index is -4.26.